The molecule has 0 atom stereocenters. The van der Waals surface area contributed by atoms with Gasteiger partial charge in [0, 0.05) is 26.1 Å². The molecule has 3 aromatic rings. The summed E-state index contributed by atoms with van der Waals surface area (Å²) in [5.74, 6) is 1.13. The lowest BCUT2D eigenvalue weighted by molar-refractivity contribution is 0.0714. The molecule has 3 heterocycles. The lowest BCUT2D eigenvalue weighted by Crippen LogP contribution is -2.38. The predicted octanol–water partition coefficient (Wildman–Crippen LogP) is 3.02. The average Bonchev–Trinajstić information content (AvgIpc) is 3.27. The molecule has 146 valence electrons. The number of benzene rings is 1. The fraction of sp³-hybridized carbons (Fsp3) is 0.381. The second-order valence-electron chi connectivity index (χ2n) is 7.34. The molecule has 1 saturated heterocycles. The van der Waals surface area contributed by atoms with Gasteiger partial charge < -0.3 is 4.90 Å². The Morgan fingerprint density at radius 1 is 1.18 bits per heavy atom. The van der Waals surface area contributed by atoms with Crippen LogP contribution in [0.3, 0.4) is 0 Å². The van der Waals surface area contributed by atoms with Gasteiger partial charge in [-0.05, 0) is 42.3 Å². The first-order valence-corrected chi connectivity index (χ1v) is 10.4. The summed E-state index contributed by atoms with van der Waals surface area (Å²) in [6, 6.07) is 12.0. The molecule has 28 heavy (non-hydrogen) atoms. The topological polar surface area (TPSA) is 60.1 Å². The Hall–Kier alpha value is -2.67. The third kappa shape index (κ3) is 3.54. The summed E-state index contributed by atoms with van der Waals surface area (Å²) >= 11 is 1.51. The Kier molecular flexibility index (Phi) is 5.17. The van der Waals surface area contributed by atoms with Gasteiger partial charge in [-0.2, -0.15) is 5.10 Å². The van der Waals surface area contributed by atoms with Crippen LogP contribution in [0.25, 0.3) is 0 Å². The molecule has 0 unspecified atom stereocenters. The molecule has 1 aromatic carbocycles. The summed E-state index contributed by atoms with van der Waals surface area (Å²) in [7, 11) is 1.70. The van der Waals surface area contributed by atoms with Crippen LogP contribution in [0, 0.1) is 6.92 Å². The molecule has 6 nitrogen and oxygen atoms in total. The van der Waals surface area contributed by atoms with E-state index in [1.807, 2.05) is 53.6 Å². The van der Waals surface area contributed by atoms with Crippen LogP contribution in [-0.2, 0) is 13.6 Å². The molecular weight excluding hydrogens is 372 g/mol. The van der Waals surface area contributed by atoms with Crippen LogP contribution in [-0.4, -0.2) is 38.2 Å². The van der Waals surface area contributed by atoms with Crippen LogP contribution < -0.4 is 5.69 Å². The lowest BCUT2D eigenvalue weighted by Gasteiger charge is -2.31. The Bertz CT molecular complexity index is 1030. The maximum Gasteiger partial charge on any atom is 0.345 e. The van der Waals surface area contributed by atoms with Crippen molar-refractivity contribution in [2.24, 2.45) is 7.05 Å². The molecule has 0 spiro atoms. The molecular formula is C21H24N4O2S. The first-order chi connectivity index (χ1) is 13.5. The van der Waals surface area contributed by atoms with Crippen molar-refractivity contribution in [2.75, 3.05) is 13.1 Å². The molecule has 1 aliphatic heterocycles. The zero-order valence-electron chi connectivity index (χ0n) is 16.2. The second-order valence-corrected chi connectivity index (χ2v) is 8.25. The van der Waals surface area contributed by atoms with Crippen molar-refractivity contribution in [2.45, 2.75) is 32.2 Å². The summed E-state index contributed by atoms with van der Waals surface area (Å²) < 4.78 is 3.20. The molecule has 7 heteroatoms. The molecule has 0 saturated carbocycles. The van der Waals surface area contributed by atoms with E-state index >= 15 is 0 Å². The second kappa shape index (κ2) is 7.75. The van der Waals surface area contributed by atoms with Crippen LogP contribution in [0.2, 0.25) is 0 Å². The molecule has 0 aliphatic carbocycles. The van der Waals surface area contributed by atoms with Crippen molar-refractivity contribution in [1.29, 1.82) is 0 Å². The van der Waals surface area contributed by atoms with Crippen molar-refractivity contribution in [3.63, 3.8) is 0 Å². The van der Waals surface area contributed by atoms with E-state index < -0.39 is 0 Å². The van der Waals surface area contributed by atoms with Crippen LogP contribution >= 0.6 is 11.3 Å². The number of piperidine rings is 1. The molecule has 0 bridgehead atoms. The van der Waals surface area contributed by atoms with Crippen LogP contribution in [0.5, 0.6) is 0 Å². The Labute approximate surface area is 168 Å². The number of amides is 1. The maximum atomic E-state index is 12.8. The van der Waals surface area contributed by atoms with E-state index in [1.165, 1.54) is 16.0 Å². The number of likely N-dealkylation sites (tertiary alicyclic amines) is 1. The standard InChI is InChI=1S/C21H24N4O2S/c1-15-10-13-28-18(15)20(26)24-11-8-17(9-12-24)19-22-23(2)21(27)25(19)14-16-6-4-3-5-7-16/h3-7,10,13,17H,8-9,11-12,14H2,1-2H3. The minimum atomic E-state index is -0.0911. The van der Waals surface area contributed by atoms with E-state index in [0.717, 1.165) is 34.7 Å². The highest BCUT2D eigenvalue weighted by molar-refractivity contribution is 7.12. The summed E-state index contributed by atoms with van der Waals surface area (Å²) in [6.07, 6.45) is 1.64. The lowest BCUT2D eigenvalue weighted by atomic mass is 9.95. The smallest absolute Gasteiger partial charge is 0.338 e. The third-order valence-electron chi connectivity index (χ3n) is 5.42. The van der Waals surface area contributed by atoms with Crippen molar-refractivity contribution in [1.82, 2.24) is 19.2 Å². The fourth-order valence-electron chi connectivity index (χ4n) is 3.82. The molecule has 1 fully saturated rings. The van der Waals surface area contributed by atoms with Gasteiger partial charge in [-0.3, -0.25) is 9.36 Å². The van der Waals surface area contributed by atoms with E-state index in [4.69, 9.17) is 0 Å². The number of aryl methyl sites for hydroxylation is 2. The zero-order chi connectivity index (χ0) is 19.7. The Balaban J connectivity index is 1.51. The average molecular weight is 397 g/mol. The summed E-state index contributed by atoms with van der Waals surface area (Å²) in [6.45, 7) is 3.89. The molecule has 0 N–H and O–H groups in total. The molecule has 1 aliphatic rings. The maximum absolute atomic E-state index is 12.8. The third-order valence-corrected chi connectivity index (χ3v) is 6.43. The van der Waals surface area contributed by atoms with Gasteiger partial charge in [0.1, 0.15) is 5.82 Å². The fourth-order valence-corrected chi connectivity index (χ4v) is 4.71. The van der Waals surface area contributed by atoms with E-state index in [0.29, 0.717) is 19.6 Å². The van der Waals surface area contributed by atoms with E-state index in [-0.39, 0.29) is 17.5 Å². The van der Waals surface area contributed by atoms with Crippen LogP contribution in [0.1, 0.15) is 45.4 Å². The predicted molar refractivity (Wildman–Crippen MR) is 110 cm³/mol. The normalized spacial score (nSPS) is 15.1. The van der Waals surface area contributed by atoms with Gasteiger partial charge in [0.2, 0.25) is 0 Å². The molecule has 2 aromatic heterocycles. The molecule has 1 amide bonds. The SMILES string of the molecule is Cc1ccsc1C(=O)N1CCC(c2nn(C)c(=O)n2Cc2ccccc2)CC1. The minimum absolute atomic E-state index is 0.0911. The summed E-state index contributed by atoms with van der Waals surface area (Å²) in [5, 5.41) is 6.49. The van der Waals surface area contributed by atoms with Crippen molar-refractivity contribution < 1.29 is 4.79 Å². The summed E-state index contributed by atoms with van der Waals surface area (Å²) in [5.41, 5.74) is 2.03. The number of rotatable bonds is 4. The van der Waals surface area contributed by atoms with Crippen molar-refractivity contribution in [3.05, 3.63) is 74.1 Å². The molecule has 4 rings (SSSR count). The van der Waals surface area contributed by atoms with Gasteiger partial charge >= 0.3 is 5.69 Å². The Morgan fingerprint density at radius 3 is 2.54 bits per heavy atom. The quantitative estimate of drug-likeness (QED) is 0.681. The van der Waals surface area contributed by atoms with Gasteiger partial charge in [0.15, 0.2) is 0 Å². The van der Waals surface area contributed by atoms with Gasteiger partial charge in [0.05, 0.1) is 11.4 Å². The van der Waals surface area contributed by atoms with E-state index in [9.17, 15) is 9.59 Å². The Morgan fingerprint density at radius 2 is 1.89 bits per heavy atom. The number of hydrogen-bond acceptors (Lipinski definition) is 4. The highest BCUT2D eigenvalue weighted by Crippen LogP contribution is 2.28. The highest BCUT2D eigenvalue weighted by Gasteiger charge is 2.29. The highest BCUT2D eigenvalue weighted by atomic mass is 32.1. The monoisotopic (exact) mass is 396 g/mol. The number of carbonyl (C=O) groups excluding carboxylic acids is 1. The number of nitrogens with zero attached hydrogens (tertiary/aromatic N) is 4. The first-order valence-electron chi connectivity index (χ1n) is 9.55. The van der Waals surface area contributed by atoms with Gasteiger partial charge in [-0.25, -0.2) is 9.48 Å². The van der Waals surface area contributed by atoms with Gasteiger partial charge in [-0.15, -0.1) is 11.3 Å². The molecule has 0 radical (unpaired) electrons. The number of hydrogen-bond donors (Lipinski definition) is 0. The van der Waals surface area contributed by atoms with Crippen LogP contribution in [0.4, 0.5) is 0 Å². The summed E-state index contributed by atoms with van der Waals surface area (Å²) in [4.78, 5) is 28.1. The number of thiophene rings is 1. The minimum Gasteiger partial charge on any atom is -0.338 e. The number of carbonyl (C=O) groups is 1. The van der Waals surface area contributed by atoms with Gasteiger partial charge in [0.25, 0.3) is 5.91 Å². The van der Waals surface area contributed by atoms with E-state index in [2.05, 4.69) is 5.10 Å². The van der Waals surface area contributed by atoms with Crippen molar-refractivity contribution in [3.8, 4) is 0 Å². The number of aromatic nitrogens is 3. The van der Waals surface area contributed by atoms with Gasteiger partial charge in [-0.1, -0.05) is 30.3 Å². The van der Waals surface area contributed by atoms with E-state index in [1.54, 1.807) is 11.6 Å². The first kappa shape index (κ1) is 18.7. The largest absolute Gasteiger partial charge is 0.345 e. The van der Waals surface area contributed by atoms with Crippen LogP contribution in [0.15, 0.2) is 46.6 Å². The zero-order valence-corrected chi connectivity index (χ0v) is 17.0. The van der Waals surface area contributed by atoms with Crippen molar-refractivity contribution >= 4 is 17.2 Å².